The van der Waals surface area contributed by atoms with Gasteiger partial charge in [-0.3, -0.25) is 4.79 Å². The number of carboxylic acid groups (broad SMARTS) is 1. The van der Waals surface area contributed by atoms with Crippen LogP contribution in [0.15, 0.2) is 18.2 Å². The van der Waals surface area contributed by atoms with Gasteiger partial charge in [0.05, 0.1) is 13.0 Å². The Bertz CT molecular complexity index is 448. The van der Waals surface area contributed by atoms with Crippen LogP contribution in [-0.4, -0.2) is 25.2 Å². The van der Waals surface area contributed by atoms with Crippen molar-refractivity contribution in [3.63, 3.8) is 0 Å². The van der Waals surface area contributed by atoms with Gasteiger partial charge in [0.25, 0.3) is 0 Å². The summed E-state index contributed by atoms with van der Waals surface area (Å²) < 4.78 is 18.6. The Kier molecular flexibility index (Phi) is 5.30. The van der Waals surface area contributed by atoms with Gasteiger partial charge in [-0.25, -0.2) is 4.39 Å². The lowest BCUT2D eigenvalue weighted by molar-refractivity contribution is -0.144. The van der Waals surface area contributed by atoms with Crippen LogP contribution in [-0.2, 0) is 4.79 Å². The second-order valence-corrected chi connectivity index (χ2v) is 4.77. The van der Waals surface area contributed by atoms with Gasteiger partial charge in [0.2, 0.25) is 0 Å². The fraction of sp³-hybridized carbons (Fsp3) is 0.500. The van der Waals surface area contributed by atoms with Crippen LogP contribution in [0.5, 0.6) is 5.75 Å². The van der Waals surface area contributed by atoms with Crippen molar-refractivity contribution >= 4 is 5.97 Å². The van der Waals surface area contributed by atoms with Crippen LogP contribution >= 0.6 is 0 Å². The lowest BCUT2D eigenvalue weighted by Gasteiger charge is -2.27. The molecule has 1 rings (SSSR count). The molecule has 5 heteroatoms. The highest BCUT2D eigenvalue weighted by molar-refractivity contribution is 5.71. The lowest BCUT2D eigenvalue weighted by atomic mass is 9.84. The van der Waals surface area contributed by atoms with Crippen LogP contribution in [0.1, 0.15) is 25.5 Å². The van der Waals surface area contributed by atoms with E-state index in [-0.39, 0.29) is 11.7 Å². The maximum absolute atomic E-state index is 13.7. The minimum absolute atomic E-state index is 0.0693. The first kappa shape index (κ1) is 15.4. The Balaban J connectivity index is 3.15. The number of hydrogen-bond acceptors (Lipinski definition) is 3. The van der Waals surface area contributed by atoms with Crippen molar-refractivity contribution in [2.45, 2.75) is 19.9 Å². The standard InChI is InChI=1S/C14H20FNO3/c1-8(2)12(14(17)18)13(16-3)9-5-6-11(19-4)10(15)7-9/h5-8,12-13,16H,1-4H3,(H,17,18). The Morgan fingerprint density at radius 1 is 1.42 bits per heavy atom. The van der Waals surface area contributed by atoms with Crippen molar-refractivity contribution in [1.29, 1.82) is 0 Å². The molecule has 0 aliphatic rings. The van der Waals surface area contributed by atoms with Crippen LogP contribution in [0.4, 0.5) is 4.39 Å². The Hall–Kier alpha value is -1.62. The Labute approximate surface area is 112 Å². The van der Waals surface area contributed by atoms with Crippen LogP contribution in [0.3, 0.4) is 0 Å². The zero-order valence-electron chi connectivity index (χ0n) is 11.6. The fourth-order valence-corrected chi connectivity index (χ4v) is 2.24. The third kappa shape index (κ3) is 3.44. The summed E-state index contributed by atoms with van der Waals surface area (Å²) in [6.07, 6.45) is 0. The topological polar surface area (TPSA) is 58.6 Å². The third-order valence-electron chi connectivity index (χ3n) is 3.21. The lowest BCUT2D eigenvalue weighted by Crippen LogP contribution is -2.34. The molecule has 0 radical (unpaired) electrons. The Morgan fingerprint density at radius 2 is 2.05 bits per heavy atom. The normalized spacial score (nSPS) is 14.2. The molecule has 2 atom stereocenters. The zero-order chi connectivity index (χ0) is 14.6. The zero-order valence-corrected chi connectivity index (χ0v) is 11.6. The molecule has 4 nitrogen and oxygen atoms in total. The molecule has 19 heavy (non-hydrogen) atoms. The van der Waals surface area contributed by atoms with Crippen LogP contribution in [0.2, 0.25) is 0 Å². The number of aliphatic carboxylic acids is 1. The summed E-state index contributed by atoms with van der Waals surface area (Å²) >= 11 is 0. The molecule has 0 spiro atoms. The summed E-state index contributed by atoms with van der Waals surface area (Å²) in [5.41, 5.74) is 0.599. The van der Waals surface area contributed by atoms with E-state index in [0.717, 1.165) is 0 Å². The van der Waals surface area contributed by atoms with Crippen molar-refractivity contribution < 1.29 is 19.0 Å². The monoisotopic (exact) mass is 269 g/mol. The van der Waals surface area contributed by atoms with Gasteiger partial charge in [-0.2, -0.15) is 0 Å². The first-order chi connectivity index (χ1) is 8.92. The van der Waals surface area contributed by atoms with Crippen LogP contribution < -0.4 is 10.1 Å². The molecule has 2 N–H and O–H groups in total. The molecule has 106 valence electrons. The number of hydrogen-bond donors (Lipinski definition) is 2. The average molecular weight is 269 g/mol. The van der Waals surface area contributed by atoms with Crippen molar-refractivity contribution in [3.05, 3.63) is 29.6 Å². The van der Waals surface area contributed by atoms with Gasteiger partial charge in [-0.05, 0) is 30.7 Å². The smallest absolute Gasteiger partial charge is 0.308 e. The van der Waals surface area contributed by atoms with Gasteiger partial charge in [-0.1, -0.05) is 19.9 Å². The second-order valence-electron chi connectivity index (χ2n) is 4.77. The second kappa shape index (κ2) is 6.52. The van der Waals surface area contributed by atoms with Gasteiger partial charge in [0, 0.05) is 6.04 Å². The van der Waals surface area contributed by atoms with Gasteiger partial charge in [0.15, 0.2) is 11.6 Å². The van der Waals surface area contributed by atoms with E-state index in [4.69, 9.17) is 4.74 Å². The highest BCUT2D eigenvalue weighted by Crippen LogP contribution is 2.30. The molecule has 0 amide bonds. The van der Waals surface area contributed by atoms with Gasteiger partial charge >= 0.3 is 5.97 Å². The SMILES string of the molecule is CNC(c1ccc(OC)c(F)c1)C(C(=O)O)C(C)C. The first-order valence-electron chi connectivity index (χ1n) is 6.15. The highest BCUT2D eigenvalue weighted by Gasteiger charge is 2.31. The Morgan fingerprint density at radius 3 is 2.42 bits per heavy atom. The number of methoxy groups -OCH3 is 1. The molecule has 0 aliphatic heterocycles. The van der Waals surface area contributed by atoms with E-state index in [1.54, 1.807) is 13.1 Å². The van der Waals surface area contributed by atoms with E-state index in [1.807, 2.05) is 13.8 Å². The summed E-state index contributed by atoms with van der Waals surface area (Å²) in [6.45, 7) is 3.67. The highest BCUT2D eigenvalue weighted by atomic mass is 19.1. The molecule has 0 aliphatic carbocycles. The van der Waals surface area contributed by atoms with E-state index in [2.05, 4.69) is 5.32 Å². The number of carbonyl (C=O) groups is 1. The summed E-state index contributed by atoms with van der Waals surface area (Å²) in [6, 6.07) is 4.06. The predicted octanol–water partition coefficient (Wildman–Crippen LogP) is 2.45. The van der Waals surface area contributed by atoms with E-state index in [9.17, 15) is 14.3 Å². The molecule has 1 aromatic rings. The quantitative estimate of drug-likeness (QED) is 0.833. The summed E-state index contributed by atoms with van der Waals surface area (Å²) in [7, 11) is 3.06. The largest absolute Gasteiger partial charge is 0.494 e. The average Bonchev–Trinajstić information content (AvgIpc) is 2.34. The molecule has 0 saturated carbocycles. The number of rotatable bonds is 6. The molecule has 0 heterocycles. The number of ether oxygens (including phenoxy) is 1. The van der Waals surface area contributed by atoms with Gasteiger partial charge in [0.1, 0.15) is 0 Å². The minimum atomic E-state index is -0.898. The molecule has 0 fully saturated rings. The third-order valence-corrected chi connectivity index (χ3v) is 3.21. The predicted molar refractivity (Wildman–Crippen MR) is 70.7 cm³/mol. The van der Waals surface area contributed by atoms with Crippen LogP contribution in [0, 0.1) is 17.7 Å². The van der Waals surface area contributed by atoms with E-state index >= 15 is 0 Å². The summed E-state index contributed by atoms with van der Waals surface area (Å²) in [4.78, 5) is 11.4. The maximum Gasteiger partial charge on any atom is 0.308 e. The molecular weight excluding hydrogens is 249 g/mol. The van der Waals surface area contributed by atoms with Crippen molar-refractivity contribution in [1.82, 2.24) is 5.32 Å². The van der Waals surface area contributed by atoms with E-state index in [0.29, 0.717) is 5.56 Å². The van der Waals surface area contributed by atoms with Crippen molar-refractivity contribution in [2.75, 3.05) is 14.2 Å². The molecule has 0 aromatic heterocycles. The number of benzene rings is 1. The molecule has 0 bridgehead atoms. The van der Waals surface area contributed by atoms with E-state index < -0.39 is 23.7 Å². The van der Waals surface area contributed by atoms with Crippen molar-refractivity contribution in [3.8, 4) is 5.75 Å². The molecule has 0 saturated heterocycles. The molecule has 2 unspecified atom stereocenters. The molecule has 1 aromatic carbocycles. The van der Waals surface area contributed by atoms with E-state index in [1.165, 1.54) is 19.2 Å². The minimum Gasteiger partial charge on any atom is -0.494 e. The number of carboxylic acids is 1. The number of nitrogens with one attached hydrogen (secondary N) is 1. The summed E-state index contributed by atoms with van der Waals surface area (Å²) in [5, 5.41) is 12.3. The van der Waals surface area contributed by atoms with Gasteiger partial charge < -0.3 is 15.2 Å². The van der Waals surface area contributed by atoms with Gasteiger partial charge in [-0.15, -0.1) is 0 Å². The van der Waals surface area contributed by atoms with Crippen LogP contribution in [0.25, 0.3) is 0 Å². The van der Waals surface area contributed by atoms with Crippen molar-refractivity contribution in [2.24, 2.45) is 11.8 Å². The first-order valence-corrected chi connectivity index (χ1v) is 6.15. The summed E-state index contributed by atoms with van der Waals surface area (Å²) in [5.74, 6) is -1.94. The maximum atomic E-state index is 13.7. The fourth-order valence-electron chi connectivity index (χ4n) is 2.24. The number of halogens is 1. The molecular formula is C14H20FNO3.